The molecule has 3 heterocycles. The van der Waals surface area contributed by atoms with Gasteiger partial charge in [-0.2, -0.15) is 0 Å². The molecule has 3 aliphatic rings. The summed E-state index contributed by atoms with van der Waals surface area (Å²) in [5.74, 6) is 0.278. The summed E-state index contributed by atoms with van der Waals surface area (Å²) < 4.78 is 0. The quantitative estimate of drug-likeness (QED) is 0.760. The number of anilines is 1. The number of carbonyl (C=O) groups is 2. The molecule has 0 aliphatic carbocycles. The molecule has 2 aromatic carbocycles. The number of nitrogens with zero attached hydrogens (tertiary/aromatic N) is 4. The summed E-state index contributed by atoms with van der Waals surface area (Å²) in [4.78, 5) is 34.9. The number of likely N-dealkylation sites (N-methyl/N-ethyl adjacent to an activating group) is 1. The Bertz CT molecular complexity index is 1150. The number of hydrogen-bond donors (Lipinski definition) is 1. The van der Waals surface area contributed by atoms with Crippen molar-refractivity contribution in [3.05, 3.63) is 64.2 Å². The zero-order chi connectivity index (χ0) is 24.3. The standard InChI is InChI=1S/C27H35N5O2/c1-16-7-8-19(4)21(11-16)15-32-25(33)23-24(29(6)27(32)34)28-26-30(13-17(2)14-31(23)26)22-10-9-18(3)20(5)12-22/h7-12,17,23-24,26,28H,13-15H2,1-6H3. The Morgan fingerprint density at radius 2 is 1.68 bits per heavy atom. The topological polar surface area (TPSA) is 59.1 Å². The number of fused-ring (bicyclic) bond motifs is 3. The molecule has 3 aliphatic heterocycles. The van der Waals surface area contributed by atoms with Gasteiger partial charge in [0.2, 0.25) is 0 Å². The first-order chi connectivity index (χ1) is 16.2. The van der Waals surface area contributed by atoms with Crippen molar-refractivity contribution >= 4 is 17.6 Å². The monoisotopic (exact) mass is 461 g/mol. The van der Waals surface area contributed by atoms with Gasteiger partial charge in [0.25, 0.3) is 5.91 Å². The van der Waals surface area contributed by atoms with Crippen LogP contribution in [0.15, 0.2) is 36.4 Å². The molecule has 2 aromatic rings. The minimum absolute atomic E-state index is 0.113. The molecule has 4 atom stereocenters. The fraction of sp³-hybridized carbons (Fsp3) is 0.481. The van der Waals surface area contributed by atoms with Crippen LogP contribution in [-0.4, -0.2) is 65.3 Å². The van der Waals surface area contributed by atoms with Gasteiger partial charge in [0.05, 0.1) is 6.54 Å². The number of nitrogens with one attached hydrogen (secondary N) is 1. The van der Waals surface area contributed by atoms with E-state index in [0.29, 0.717) is 12.5 Å². The maximum Gasteiger partial charge on any atom is 0.328 e. The van der Waals surface area contributed by atoms with E-state index in [1.807, 2.05) is 13.8 Å². The number of rotatable bonds is 3. The highest BCUT2D eigenvalue weighted by molar-refractivity contribution is 6.00. The van der Waals surface area contributed by atoms with Gasteiger partial charge in [0.1, 0.15) is 18.5 Å². The Labute approximate surface area is 202 Å². The highest BCUT2D eigenvalue weighted by Crippen LogP contribution is 2.35. The normalized spacial score (nSPS) is 27.3. The summed E-state index contributed by atoms with van der Waals surface area (Å²) in [6.45, 7) is 12.6. The summed E-state index contributed by atoms with van der Waals surface area (Å²) in [6.07, 6.45) is -0.479. The van der Waals surface area contributed by atoms with E-state index in [-0.39, 0.29) is 24.4 Å². The molecule has 3 fully saturated rings. The largest absolute Gasteiger partial charge is 0.343 e. The fourth-order valence-electron chi connectivity index (χ4n) is 5.61. The van der Waals surface area contributed by atoms with Gasteiger partial charge in [0.15, 0.2) is 0 Å². The zero-order valence-electron chi connectivity index (χ0n) is 21.0. The molecule has 4 unspecified atom stereocenters. The second kappa shape index (κ2) is 8.40. The van der Waals surface area contributed by atoms with Crippen LogP contribution in [0.4, 0.5) is 10.5 Å². The molecule has 34 heavy (non-hydrogen) atoms. The molecule has 3 saturated heterocycles. The van der Waals surface area contributed by atoms with Gasteiger partial charge in [-0.25, -0.2) is 4.79 Å². The van der Waals surface area contributed by atoms with E-state index in [2.05, 4.69) is 72.3 Å². The second-order valence-electron chi connectivity index (χ2n) is 10.4. The summed E-state index contributed by atoms with van der Waals surface area (Å²) in [5, 5.41) is 3.62. The Morgan fingerprint density at radius 1 is 0.941 bits per heavy atom. The van der Waals surface area contributed by atoms with Crippen molar-refractivity contribution in [2.24, 2.45) is 5.92 Å². The number of amides is 3. The Hall–Kier alpha value is -2.90. The molecule has 0 spiro atoms. The lowest BCUT2D eigenvalue weighted by atomic mass is 10.0. The van der Waals surface area contributed by atoms with E-state index in [0.717, 1.165) is 35.5 Å². The first-order valence-corrected chi connectivity index (χ1v) is 12.2. The molecule has 0 aromatic heterocycles. The SMILES string of the molecule is Cc1ccc(C)c(CN2C(=O)C3C(NC4N(c5ccc(C)c(C)c5)CC(C)CN34)N(C)C2=O)c1. The first-order valence-electron chi connectivity index (χ1n) is 12.2. The van der Waals surface area contributed by atoms with Gasteiger partial charge in [-0.1, -0.05) is 36.8 Å². The van der Waals surface area contributed by atoms with Crippen molar-refractivity contribution in [2.45, 2.75) is 59.7 Å². The highest BCUT2D eigenvalue weighted by atomic mass is 16.2. The fourth-order valence-corrected chi connectivity index (χ4v) is 5.61. The molecule has 0 bridgehead atoms. The van der Waals surface area contributed by atoms with Crippen LogP contribution in [-0.2, 0) is 11.3 Å². The van der Waals surface area contributed by atoms with Gasteiger partial charge >= 0.3 is 6.03 Å². The minimum atomic E-state index is -0.408. The number of imide groups is 1. The predicted octanol–water partition coefficient (Wildman–Crippen LogP) is 3.35. The molecular formula is C27H35N5O2. The molecule has 1 N–H and O–H groups in total. The van der Waals surface area contributed by atoms with Crippen LogP contribution in [0.25, 0.3) is 0 Å². The first kappa shape index (κ1) is 22.9. The maximum absolute atomic E-state index is 13.8. The lowest BCUT2D eigenvalue weighted by Gasteiger charge is -2.46. The summed E-state index contributed by atoms with van der Waals surface area (Å²) in [6, 6.07) is 12.1. The predicted molar refractivity (Wildman–Crippen MR) is 133 cm³/mol. The molecule has 3 amide bonds. The molecular weight excluding hydrogens is 426 g/mol. The summed E-state index contributed by atoms with van der Waals surface area (Å²) in [7, 11) is 1.80. The molecule has 7 heteroatoms. The van der Waals surface area contributed by atoms with E-state index < -0.39 is 6.04 Å². The van der Waals surface area contributed by atoms with E-state index in [1.54, 1.807) is 11.9 Å². The summed E-state index contributed by atoms with van der Waals surface area (Å²) >= 11 is 0. The van der Waals surface area contributed by atoms with Gasteiger partial charge < -0.3 is 9.80 Å². The lowest BCUT2D eigenvalue weighted by Crippen LogP contribution is -2.66. The Kier molecular flexibility index (Phi) is 5.65. The van der Waals surface area contributed by atoms with Gasteiger partial charge in [-0.3, -0.25) is 19.9 Å². The van der Waals surface area contributed by atoms with Crippen molar-refractivity contribution in [1.82, 2.24) is 20.0 Å². The van der Waals surface area contributed by atoms with E-state index >= 15 is 0 Å². The highest BCUT2D eigenvalue weighted by Gasteiger charge is 2.56. The second-order valence-corrected chi connectivity index (χ2v) is 10.4. The summed E-state index contributed by atoms with van der Waals surface area (Å²) in [5.41, 5.74) is 6.89. The Morgan fingerprint density at radius 3 is 2.41 bits per heavy atom. The number of urea groups is 1. The van der Waals surface area contributed by atoms with E-state index in [4.69, 9.17) is 0 Å². The Balaban J connectivity index is 1.47. The van der Waals surface area contributed by atoms with Crippen molar-refractivity contribution < 1.29 is 9.59 Å². The number of hydrogen-bond acceptors (Lipinski definition) is 5. The van der Waals surface area contributed by atoms with Crippen LogP contribution in [0.5, 0.6) is 0 Å². The van der Waals surface area contributed by atoms with Crippen molar-refractivity contribution in [3.8, 4) is 0 Å². The van der Waals surface area contributed by atoms with Crippen LogP contribution in [0.3, 0.4) is 0 Å². The van der Waals surface area contributed by atoms with Crippen LogP contribution < -0.4 is 10.2 Å². The number of aryl methyl sites for hydroxylation is 4. The van der Waals surface area contributed by atoms with Crippen molar-refractivity contribution in [1.29, 1.82) is 0 Å². The van der Waals surface area contributed by atoms with E-state index in [1.165, 1.54) is 16.0 Å². The lowest BCUT2D eigenvalue weighted by molar-refractivity contribution is -0.139. The third-order valence-electron chi connectivity index (χ3n) is 7.74. The average molecular weight is 462 g/mol. The van der Waals surface area contributed by atoms with Crippen LogP contribution in [0.1, 0.15) is 34.7 Å². The van der Waals surface area contributed by atoms with Gasteiger partial charge in [0, 0.05) is 25.8 Å². The van der Waals surface area contributed by atoms with E-state index in [9.17, 15) is 9.59 Å². The van der Waals surface area contributed by atoms with Crippen LogP contribution in [0, 0.1) is 33.6 Å². The molecule has 0 radical (unpaired) electrons. The molecule has 5 rings (SSSR count). The zero-order valence-corrected chi connectivity index (χ0v) is 21.0. The van der Waals surface area contributed by atoms with Crippen LogP contribution in [0.2, 0.25) is 0 Å². The smallest absolute Gasteiger partial charge is 0.328 e. The third kappa shape index (κ3) is 3.67. The van der Waals surface area contributed by atoms with Crippen LogP contribution >= 0.6 is 0 Å². The molecule has 180 valence electrons. The van der Waals surface area contributed by atoms with Crippen molar-refractivity contribution in [3.63, 3.8) is 0 Å². The van der Waals surface area contributed by atoms with Gasteiger partial charge in [-0.15, -0.1) is 0 Å². The average Bonchev–Trinajstić information content (AvgIpc) is 3.18. The van der Waals surface area contributed by atoms with Crippen molar-refractivity contribution in [2.75, 3.05) is 25.0 Å². The molecule has 0 saturated carbocycles. The maximum atomic E-state index is 13.8. The molecule has 7 nitrogen and oxygen atoms in total. The van der Waals surface area contributed by atoms with Gasteiger partial charge in [-0.05, 0) is 68.0 Å². The minimum Gasteiger partial charge on any atom is -0.343 e. The number of carbonyl (C=O) groups excluding carboxylic acids is 2. The third-order valence-corrected chi connectivity index (χ3v) is 7.74. The number of benzene rings is 2.